The van der Waals surface area contributed by atoms with E-state index in [0.717, 1.165) is 47.7 Å². The zero-order chi connectivity index (χ0) is 18.4. The Morgan fingerprint density at radius 2 is 1.81 bits per heavy atom. The van der Waals surface area contributed by atoms with Crippen LogP contribution in [-0.2, 0) is 6.54 Å². The second-order valence-electron chi connectivity index (χ2n) is 6.29. The largest absolute Gasteiger partial charge is 0.497 e. The number of methoxy groups -OCH3 is 1. The number of rotatable bonds is 9. The molecule has 138 valence electrons. The number of para-hydroxylation sites is 2. The molecule has 5 heteroatoms. The van der Waals surface area contributed by atoms with Crippen molar-refractivity contribution in [2.75, 3.05) is 13.7 Å². The van der Waals surface area contributed by atoms with Gasteiger partial charge in [-0.25, -0.2) is 4.98 Å². The molecule has 1 atom stereocenters. The van der Waals surface area contributed by atoms with E-state index in [2.05, 4.69) is 22.5 Å². The molecule has 0 aliphatic carbocycles. The second-order valence-corrected chi connectivity index (χ2v) is 6.29. The van der Waals surface area contributed by atoms with E-state index in [-0.39, 0.29) is 0 Å². The molecule has 3 rings (SSSR count). The normalized spacial score (nSPS) is 12.3. The minimum atomic E-state index is -0.532. The van der Waals surface area contributed by atoms with Crippen molar-refractivity contribution in [3.8, 4) is 11.5 Å². The van der Waals surface area contributed by atoms with Gasteiger partial charge in [0.2, 0.25) is 0 Å². The van der Waals surface area contributed by atoms with E-state index >= 15 is 0 Å². The van der Waals surface area contributed by atoms with Gasteiger partial charge in [0.1, 0.15) is 23.4 Å². The van der Waals surface area contributed by atoms with Gasteiger partial charge < -0.3 is 19.1 Å². The van der Waals surface area contributed by atoms with Crippen molar-refractivity contribution in [3.05, 3.63) is 54.4 Å². The Bertz CT molecular complexity index is 827. The smallest absolute Gasteiger partial charge is 0.138 e. The number of aryl methyl sites for hydroxylation is 1. The summed E-state index contributed by atoms with van der Waals surface area (Å²) in [5.74, 6) is 2.39. The highest BCUT2D eigenvalue weighted by Gasteiger charge is 2.17. The first-order valence-electron chi connectivity index (χ1n) is 9.13. The third kappa shape index (κ3) is 4.17. The number of aliphatic hydroxyl groups is 1. The molecular weight excluding hydrogens is 328 g/mol. The molecule has 0 amide bonds. The van der Waals surface area contributed by atoms with Crippen molar-refractivity contribution >= 4 is 11.0 Å². The van der Waals surface area contributed by atoms with Gasteiger partial charge in [0.25, 0.3) is 0 Å². The number of nitrogens with zero attached hydrogens (tertiary/aromatic N) is 2. The highest BCUT2D eigenvalue weighted by molar-refractivity contribution is 5.76. The number of aliphatic hydroxyl groups excluding tert-OH is 1. The molecule has 0 radical (unpaired) electrons. The Labute approximate surface area is 154 Å². The minimum Gasteiger partial charge on any atom is -0.497 e. The van der Waals surface area contributed by atoms with Crippen LogP contribution < -0.4 is 9.47 Å². The molecule has 0 fully saturated rings. The summed E-state index contributed by atoms with van der Waals surface area (Å²) in [7, 11) is 1.65. The Morgan fingerprint density at radius 1 is 1.08 bits per heavy atom. The first kappa shape index (κ1) is 18.3. The van der Waals surface area contributed by atoms with Gasteiger partial charge >= 0.3 is 0 Å². The van der Waals surface area contributed by atoms with Crippen LogP contribution in [0.4, 0.5) is 0 Å². The van der Waals surface area contributed by atoms with Crippen molar-refractivity contribution in [1.29, 1.82) is 0 Å². The van der Waals surface area contributed by atoms with Gasteiger partial charge in [-0.2, -0.15) is 0 Å². The van der Waals surface area contributed by atoms with Crippen LogP contribution in [0.3, 0.4) is 0 Å². The van der Waals surface area contributed by atoms with Crippen LogP contribution in [0, 0.1) is 0 Å². The lowest BCUT2D eigenvalue weighted by molar-refractivity contribution is 0.152. The van der Waals surface area contributed by atoms with Crippen LogP contribution in [0.5, 0.6) is 11.5 Å². The van der Waals surface area contributed by atoms with E-state index in [1.807, 2.05) is 42.5 Å². The number of benzene rings is 2. The number of imidazole rings is 1. The predicted octanol–water partition coefficient (Wildman–Crippen LogP) is 4.35. The molecule has 2 aromatic carbocycles. The Hall–Kier alpha value is -2.53. The Balaban J connectivity index is 1.66. The van der Waals surface area contributed by atoms with E-state index in [4.69, 9.17) is 9.47 Å². The van der Waals surface area contributed by atoms with Gasteiger partial charge in [0.15, 0.2) is 0 Å². The lowest BCUT2D eigenvalue weighted by Gasteiger charge is -2.14. The summed E-state index contributed by atoms with van der Waals surface area (Å²) in [5.41, 5.74) is 1.98. The van der Waals surface area contributed by atoms with Crippen molar-refractivity contribution in [2.45, 2.75) is 38.8 Å². The van der Waals surface area contributed by atoms with Gasteiger partial charge in [0.05, 0.1) is 24.8 Å². The first-order valence-corrected chi connectivity index (χ1v) is 9.13. The number of aromatic nitrogens is 2. The van der Waals surface area contributed by atoms with Crippen molar-refractivity contribution in [2.24, 2.45) is 0 Å². The summed E-state index contributed by atoms with van der Waals surface area (Å²) in [6, 6.07) is 15.6. The van der Waals surface area contributed by atoms with E-state index in [0.29, 0.717) is 13.0 Å². The van der Waals surface area contributed by atoms with Gasteiger partial charge in [-0.05, 0) is 49.2 Å². The molecular formula is C21H26N2O3. The van der Waals surface area contributed by atoms with Crippen LogP contribution in [0.25, 0.3) is 11.0 Å². The molecule has 1 heterocycles. The third-order valence-electron chi connectivity index (χ3n) is 4.40. The standard InChI is InChI=1S/C21H26N2O3/c1-3-7-20(24)21-22-18-8-4-5-9-19(18)23(21)14-6-15-26-17-12-10-16(25-2)11-13-17/h4-5,8-13,20,24H,3,6-7,14-15H2,1-2H3. The number of fused-ring (bicyclic) bond motifs is 1. The summed E-state index contributed by atoms with van der Waals surface area (Å²) in [5, 5.41) is 10.5. The maximum Gasteiger partial charge on any atom is 0.138 e. The lowest BCUT2D eigenvalue weighted by Crippen LogP contribution is -2.11. The fraction of sp³-hybridized carbons (Fsp3) is 0.381. The topological polar surface area (TPSA) is 56.5 Å². The average Bonchev–Trinajstić information content (AvgIpc) is 3.05. The molecule has 0 bridgehead atoms. The highest BCUT2D eigenvalue weighted by atomic mass is 16.5. The molecule has 0 saturated carbocycles. The summed E-state index contributed by atoms with van der Waals surface area (Å²) in [4.78, 5) is 4.65. The summed E-state index contributed by atoms with van der Waals surface area (Å²) < 4.78 is 13.1. The van der Waals surface area contributed by atoms with Crippen LogP contribution in [-0.4, -0.2) is 28.4 Å². The quantitative estimate of drug-likeness (QED) is 0.581. The van der Waals surface area contributed by atoms with Crippen LogP contribution in [0.1, 0.15) is 38.1 Å². The zero-order valence-electron chi connectivity index (χ0n) is 15.4. The highest BCUT2D eigenvalue weighted by Crippen LogP contribution is 2.24. The minimum absolute atomic E-state index is 0.532. The monoisotopic (exact) mass is 354 g/mol. The SMILES string of the molecule is CCCC(O)c1nc2ccccc2n1CCCOc1ccc(OC)cc1. The van der Waals surface area contributed by atoms with Crippen LogP contribution in [0.15, 0.2) is 48.5 Å². The number of hydrogen-bond donors (Lipinski definition) is 1. The lowest BCUT2D eigenvalue weighted by atomic mass is 10.2. The molecule has 0 aliphatic heterocycles. The molecule has 3 aromatic rings. The Morgan fingerprint density at radius 3 is 2.54 bits per heavy atom. The molecule has 5 nitrogen and oxygen atoms in total. The molecule has 26 heavy (non-hydrogen) atoms. The van der Waals surface area contributed by atoms with Crippen molar-refractivity contribution < 1.29 is 14.6 Å². The molecule has 0 spiro atoms. The third-order valence-corrected chi connectivity index (χ3v) is 4.40. The van der Waals surface area contributed by atoms with E-state index < -0.39 is 6.10 Å². The molecule has 0 aliphatic rings. The number of hydrogen-bond acceptors (Lipinski definition) is 4. The second kappa shape index (κ2) is 8.72. The molecule has 1 N–H and O–H groups in total. The van der Waals surface area contributed by atoms with E-state index in [1.165, 1.54) is 0 Å². The van der Waals surface area contributed by atoms with Gasteiger partial charge in [0, 0.05) is 6.54 Å². The van der Waals surface area contributed by atoms with Crippen LogP contribution in [0.2, 0.25) is 0 Å². The van der Waals surface area contributed by atoms with Gasteiger partial charge in [-0.15, -0.1) is 0 Å². The predicted molar refractivity (Wildman–Crippen MR) is 103 cm³/mol. The summed E-state index contributed by atoms with van der Waals surface area (Å²) in [6.45, 7) is 3.42. The van der Waals surface area contributed by atoms with Gasteiger partial charge in [-0.1, -0.05) is 25.5 Å². The fourth-order valence-corrected chi connectivity index (χ4v) is 3.07. The maximum atomic E-state index is 10.5. The maximum absolute atomic E-state index is 10.5. The van der Waals surface area contributed by atoms with Crippen molar-refractivity contribution in [3.63, 3.8) is 0 Å². The molecule has 1 aromatic heterocycles. The molecule has 0 saturated heterocycles. The van der Waals surface area contributed by atoms with Gasteiger partial charge in [-0.3, -0.25) is 0 Å². The van der Waals surface area contributed by atoms with E-state index in [1.54, 1.807) is 7.11 Å². The summed E-state index contributed by atoms with van der Waals surface area (Å²) in [6.07, 6.45) is 1.93. The fourth-order valence-electron chi connectivity index (χ4n) is 3.07. The zero-order valence-corrected chi connectivity index (χ0v) is 15.4. The summed E-state index contributed by atoms with van der Waals surface area (Å²) >= 11 is 0. The van der Waals surface area contributed by atoms with Crippen molar-refractivity contribution in [1.82, 2.24) is 9.55 Å². The van der Waals surface area contributed by atoms with Crippen LogP contribution >= 0.6 is 0 Å². The Kier molecular flexibility index (Phi) is 6.12. The first-order chi connectivity index (χ1) is 12.7. The van der Waals surface area contributed by atoms with E-state index in [9.17, 15) is 5.11 Å². The average molecular weight is 354 g/mol. The number of ether oxygens (including phenoxy) is 2. The molecule has 1 unspecified atom stereocenters.